The van der Waals surface area contributed by atoms with Crippen LogP contribution >= 0.6 is 27.3 Å². The SMILES string of the molecule is CCCNC(c1ccc(C)s1)c1ccc(Br)cc1F. The second-order valence-electron chi connectivity index (χ2n) is 4.50. The molecule has 1 aromatic heterocycles. The van der Waals surface area contributed by atoms with E-state index in [0.29, 0.717) is 5.56 Å². The molecule has 2 aromatic rings. The molecule has 0 saturated heterocycles. The molecule has 0 aliphatic heterocycles. The second-order valence-corrected chi connectivity index (χ2v) is 6.74. The molecule has 0 aliphatic carbocycles. The van der Waals surface area contributed by atoms with Gasteiger partial charge in [0.25, 0.3) is 0 Å². The Morgan fingerprint density at radius 1 is 1.32 bits per heavy atom. The molecule has 1 N–H and O–H groups in total. The molecule has 2 rings (SSSR count). The average molecular weight is 342 g/mol. The summed E-state index contributed by atoms with van der Waals surface area (Å²) >= 11 is 5.01. The molecule has 1 aromatic carbocycles. The maximum absolute atomic E-state index is 14.2. The van der Waals surface area contributed by atoms with Crippen molar-refractivity contribution in [3.63, 3.8) is 0 Å². The third-order valence-corrected chi connectivity index (χ3v) is 4.48. The number of thiophene rings is 1. The summed E-state index contributed by atoms with van der Waals surface area (Å²) in [6.07, 6.45) is 1.03. The summed E-state index contributed by atoms with van der Waals surface area (Å²) in [5.41, 5.74) is 0.707. The van der Waals surface area contributed by atoms with Gasteiger partial charge in [-0.1, -0.05) is 28.9 Å². The zero-order chi connectivity index (χ0) is 13.8. The van der Waals surface area contributed by atoms with Crippen molar-refractivity contribution in [2.75, 3.05) is 6.54 Å². The summed E-state index contributed by atoms with van der Waals surface area (Å²) < 4.78 is 14.9. The molecule has 0 aliphatic rings. The van der Waals surface area contributed by atoms with Gasteiger partial charge >= 0.3 is 0 Å². The Bertz CT molecular complexity index is 553. The van der Waals surface area contributed by atoms with Crippen LogP contribution in [0.1, 0.15) is 34.7 Å². The van der Waals surface area contributed by atoms with Gasteiger partial charge in [0.15, 0.2) is 0 Å². The van der Waals surface area contributed by atoms with Crippen LogP contribution < -0.4 is 5.32 Å². The molecule has 102 valence electrons. The van der Waals surface area contributed by atoms with Crippen molar-refractivity contribution < 1.29 is 4.39 Å². The van der Waals surface area contributed by atoms with E-state index in [-0.39, 0.29) is 11.9 Å². The highest BCUT2D eigenvalue weighted by Crippen LogP contribution is 2.30. The number of hydrogen-bond acceptors (Lipinski definition) is 2. The van der Waals surface area contributed by atoms with Gasteiger partial charge in [-0.05, 0) is 44.2 Å². The van der Waals surface area contributed by atoms with Gasteiger partial charge in [0.05, 0.1) is 6.04 Å². The highest BCUT2D eigenvalue weighted by Gasteiger charge is 2.18. The summed E-state index contributed by atoms with van der Waals surface area (Å²) in [6.45, 7) is 5.06. The minimum absolute atomic E-state index is 0.0632. The van der Waals surface area contributed by atoms with Crippen molar-refractivity contribution in [3.8, 4) is 0 Å². The van der Waals surface area contributed by atoms with Crippen LogP contribution in [-0.4, -0.2) is 6.54 Å². The Kier molecular flexibility index (Phi) is 5.13. The van der Waals surface area contributed by atoms with Crippen LogP contribution in [0.4, 0.5) is 4.39 Å². The van der Waals surface area contributed by atoms with Crippen LogP contribution in [0.25, 0.3) is 0 Å². The molecule has 0 spiro atoms. The lowest BCUT2D eigenvalue weighted by molar-refractivity contribution is 0.550. The Morgan fingerprint density at radius 2 is 2.11 bits per heavy atom. The predicted molar refractivity (Wildman–Crippen MR) is 83.3 cm³/mol. The molecule has 0 fully saturated rings. The second kappa shape index (κ2) is 6.64. The topological polar surface area (TPSA) is 12.0 Å². The Labute approximate surface area is 126 Å². The lowest BCUT2D eigenvalue weighted by Gasteiger charge is -2.18. The maximum Gasteiger partial charge on any atom is 0.129 e. The first-order valence-corrected chi connectivity index (χ1v) is 7.97. The predicted octanol–water partition coefficient (Wildman–Crippen LogP) is 5.05. The summed E-state index contributed by atoms with van der Waals surface area (Å²) in [6, 6.07) is 9.36. The van der Waals surface area contributed by atoms with Gasteiger partial charge < -0.3 is 5.32 Å². The van der Waals surface area contributed by atoms with Gasteiger partial charge in [-0.15, -0.1) is 11.3 Å². The van der Waals surface area contributed by atoms with Gasteiger partial charge in [0, 0.05) is 19.8 Å². The van der Waals surface area contributed by atoms with Crippen molar-refractivity contribution in [3.05, 3.63) is 55.9 Å². The molecule has 0 amide bonds. The van der Waals surface area contributed by atoms with Crippen LogP contribution in [-0.2, 0) is 0 Å². The standard InChI is InChI=1S/C15H17BrFNS/c1-3-8-18-15(14-7-4-10(2)19-14)12-6-5-11(16)9-13(12)17/h4-7,9,15,18H,3,8H2,1-2H3. The van der Waals surface area contributed by atoms with E-state index in [2.05, 4.69) is 47.2 Å². The van der Waals surface area contributed by atoms with Crippen molar-refractivity contribution in [1.82, 2.24) is 5.32 Å². The van der Waals surface area contributed by atoms with Crippen LogP contribution in [0.5, 0.6) is 0 Å². The summed E-state index contributed by atoms with van der Waals surface area (Å²) in [4.78, 5) is 2.41. The van der Waals surface area contributed by atoms with Crippen molar-refractivity contribution in [1.29, 1.82) is 0 Å². The number of nitrogens with one attached hydrogen (secondary N) is 1. The van der Waals surface area contributed by atoms with E-state index in [4.69, 9.17) is 0 Å². The number of hydrogen-bond donors (Lipinski definition) is 1. The molecule has 0 radical (unpaired) electrons. The van der Waals surface area contributed by atoms with E-state index < -0.39 is 0 Å². The number of halogens is 2. The number of rotatable bonds is 5. The highest BCUT2D eigenvalue weighted by atomic mass is 79.9. The smallest absolute Gasteiger partial charge is 0.129 e. The van der Waals surface area contributed by atoms with E-state index in [0.717, 1.165) is 22.3 Å². The maximum atomic E-state index is 14.2. The van der Waals surface area contributed by atoms with Gasteiger partial charge in [-0.3, -0.25) is 0 Å². The minimum Gasteiger partial charge on any atom is -0.306 e. The van der Waals surface area contributed by atoms with Crippen molar-refractivity contribution in [2.45, 2.75) is 26.3 Å². The fraction of sp³-hybridized carbons (Fsp3) is 0.333. The van der Waals surface area contributed by atoms with Gasteiger partial charge in [0.1, 0.15) is 5.82 Å². The van der Waals surface area contributed by atoms with Crippen LogP contribution in [0.15, 0.2) is 34.8 Å². The third-order valence-electron chi connectivity index (χ3n) is 2.92. The number of benzene rings is 1. The molecule has 1 heterocycles. The van der Waals surface area contributed by atoms with E-state index in [1.807, 2.05) is 12.1 Å². The molecule has 1 atom stereocenters. The minimum atomic E-state index is -0.172. The summed E-state index contributed by atoms with van der Waals surface area (Å²) in [5.74, 6) is -0.172. The molecule has 19 heavy (non-hydrogen) atoms. The van der Waals surface area contributed by atoms with E-state index >= 15 is 0 Å². The van der Waals surface area contributed by atoms with Crippen LogP contribution in [0.2, 0.25) is 0 Å². The molecule has 4 heteroatoms. The Balaban J connectivity index is 2.36. The largest absolute Gasteiger partial charge is 0.306 e. The van der Waals surface area contributed by atoms with E-state index in [9.17, 15) is 4.39 Å². The Morgan fingerprint density at radius 3 is 2.68 bits per heavy atom. The molecular weight excluding hydrogens is 325 g/mol. The molecule has 0 bridgehead atoms. The highest BCUT2D eigenvalue weighted by molar-refractivity contribution is 9.10. The van der Waals surface area contributed by atoms with Crippen molar-refractivity contribution >= 4 is 27.3 Å². The van der Waals surface area contributed by atoms with Crippen LogP contribution in [0, 0.1) is 12.7 Å². The molecular formula is C15H17BrFNS. The zero-order valence-corrected chi connectivity index (χ0v) is 13.4. The quantitative estimate of drug-likeness (QED) is 0.802. The van der Waals surface area contributed by atoms with Gasteiger partial charge in [-0.25, -0.2) is 4.39 Å². The monoisotopic (exact) mass is 341 g/mol. The third kappa shape index (κ3) is 3.65. The molecule has 1 unspecified atom stereocenters. The first-order valence-electron chi connectivity index (χ1n) is 6.36. The molecule has 1 nitrogen and oxygen atoms in total. The van der Waals surface area contributed by atoms with Gasteiger partial charge in [-0.2, -0.15) is 0 Å². The lowest BCUT2D eigenvalue weighted by atomic mass is 10.0. The summed E-state index contributed by atoms with van der Waals surface area (Å²) in [5, 5.41) is 3.43. The van der Waals surface area contributed by atoms with Crippen molar-refractivity contribution in [2.24, 2.45) is 0 Å². The number of aryl methyl sites for hydroxylation is 1. The summed E-state index contributed by atoms with van der Waals surface area (Å²) in [7, 11) is 0. The van der Waals surface area contributed by atoms with Gasteiger partial charge in [0.2, 0.25) is 0 Å². The lowest BCUT2D eigenvalue weighted by Crippen LogP contribution is -2.23. The fourth-order valence-electron chi connectivity index (χ4n) is 2.00. The average Bonchev–Trinajstić information content (AvgIpc) is 2.78. The first kappa shape index (κ1) is 14.7. The van der Waals surface area contributed by atoms with Crippen LogP contribution in [0.3, 0.4) is 0 Å². The zero-order valence-electron chi connectivity index (χ0n) is 11.0. The van der Waals surface area contributed by atoms with E-state index in [1.54, 1.807) is 11.3 Å². The fourth-order valence-corrected chi connectivity index (χ4v) is 3.30. The first-order chi connectivity index (χ1) is 9.11. The van der Waals surface area contributed by atoms with E-state index in [1.165, 1.54) is 10.9 Å². The molecule has 0 saturated carbocycles. The normalized spacial score (nSPS) is 12.6. The Hall–Kier alpha value is -0.710.